The first-order valence-electron chi connectivity index (χ1n) is 4.65. The van der Waals surface area contributed by atoms with Crippen LogP contribution in [-0.4, -0.2) is 24.8 Å². The van der Waals surface area contributed by atoms with E-state index in [1.807, 2.05) is 0 Å². The fourth-order valence-electron chi connectivity index (χ4n) is 1.12. The maximum Gasteiger partial charge on any atom is 0.284 e. The molecule has 0 saturated carbocycles. The average molecular weight is 287 g/mol. The Balaban J connectivity index is 2.89. The highest BCUT2D eigenvalue weighted by atomic mass is 32.2. The number of sulfonamides is 1. The molecule has 0 radical (unpaired) electrons. The number of hydrogen-bond acceptors (Lipinski definition) is 6. The molecule has 0 fully saturated rings. The number of nitro benzene ring substituents is 1. The van der Waals surface area contributed by atoms with Crippen molar-refractivity contribution >= 4 is 27.5 Å². The van der Waals surface area contributed by atoms with Crippen molar-refractivity contribution in [2.24, 2.45) is 5.14 Å². The van der Waals surface area contributed by atoms with Crippen LogP contribution in [0.15, 0.2) is 23.1 Å². The Morgan fingerprint density at radius 2 is 2.17 bits per heavy atom. The molecule has 18 heavy (non-hydrogen) atoms. The molecule has 0 bridgehead atoms. The molecule has 0 aliphatic heterocycles. The highest BCUT2D eigenvalue weighted by Crippen LogP contribution is 2.29. The van der Waals surface area contributed by atoms with Crippen molar-refractivity contribution in [1.82, 2.24) is 0 Å². The zero-order chi connectivity index (χ0) is 13.8. The summed E-state index contributed by atoms with van der Waals surface area (Å²) < 4.78 is 21.5. The van der Waals surface area contributed by atoms with E-state index in [1.165, 1.54) is 12.1 Å². The molecule has 0 amide bonds. The largest absolute Gasteiger partial charge is 0.284 e. The summed E-state index contributed by atoms with van der Waals surface area (Å²) >= 11 is 1.01. The third-order valence-electron chi connectivity index (χ3n) is 1.91. The van der Waals surface area contributed by atoms with Gasteiger partial charge in [0.25, 0.3) is 5.69 Å². The summed E-state index contributed by atoms with van der Waals surface area (Å²) in [6.45, 7) is 0. The van der Waals surface area contributed by atoms with Crippen molar-refractivity contribution in [3.63, 3.8) is 0 Å². The minimum Gasteiger partial charge on any atom is -0.258 e. The molecule has 9 heteroatoms. The summed E-state index contributed by atoms with van der Waals surface area (Å²) in [5, 5.41) is 24.3. The average Bonchev–Trinajstić information content (AvgIpc) is 2.27. The highest BCUT2D eigenvalue weighted by molar-refractivity contribution is 8.00. The Bertz CT molecular complexity index is 607. The minimum absolute atomic E-state index is 0.117. The lowest BCUT2D eigenvalue weighted by molar-refractivity contribution is -0.387. The summed E-state index contributed by atoms with van der Waals surface area (Å²) in [5.74, 6) is -0.152. The van der Waals surface area contributed by atoms with E-state index in [0.717, 1.165) is 17.8 Å². The summed E-state index contributed by atoms with van der Waals surface area (Å²) in [6, 6.07) is 5.81. The van der Waals surface area contributed by atoms with E-state index in [9.17, 15) is 18.5 Å². The molecule has 0 aromatic heterocycles. The molecule has 0 atom stereocenters. The number of thioether (sulfide) groups is 1. The topological polar surface area (TPSA) is 127 Å². The predicted octanol–water partition coefficient (Wildman–Crippen LogP) is 0.847. The predicted molar refractivity (Wildman–Crippen MR) is 66.5 cm³/mol. The summed E-state index contributed by atoms with van der Waals surface area (Å²) in [7, 11) is -3.58. The van der Waals surface area contributed by atoms with Crippen molar-refractivity contribution in [3.8, 4) is 6.07 Å². The molecule has 0 spiro atoms. The number of primary sulfonamides is 1. The molecule has 0 unspecified atom stereocenters. The van der Waals surface area contributed by atoms with Gasteiger partial charge in [0, 0.05) is 11.8 Å². The minimum atomic E-state index is -3.58. The molecule has 1 rings (SSSR count). The van der Waals surface area contributed by atoms with Crippen LogP contribution in [0, 0.1) is 21.4 Å². The first-order valence-corrected chi connectivity index (χ1v) is 7.35. The first kappa shape index (κ1) is 14.4. The Labute approximate surface area is 108 Å². The molecule has 1 aromatic rings. The van der Waals surface area contributed by atoms with Crippen LogP contribution in [-0.2, 0) is 10.0 Å². The van der Waals surface area contributed by atoms with E-state index < -0.39 is 14.9 Å². The molecule has 1 aromatic carbocycles. The maximum absolute atomic E-state index is 10.8. The van der Waals surface area contributed by atoms with E-state index in [0.29, 0.717) is 4.90 Å². The van der Waals surface area contributed by atoms with E-state index in [4.69, 9.17) is 10.4 Å². The lowest BCUT2D eigenvalue weighted by Crippen LogP contribution is -2.17. The van der Waals surface area contributed by atoms with Crippen molar-refractivity contribution < 1.29 is 13.3 Å². The second kappa shape index (κ2) is 5.81. The van der Waals surface area contributed by atoms with E-state index in [-0.39, 0.29) is 22.8 Å². The standard InChI is InChI=1S/C9H9N3O4S2/c10-6-7-1-2-9(8(5-7)12(13)14)17-3-4-18(11,15)16/h1-2,5H,3-4H2,(H2,11,15,16). The van der Waals surface area contributed by atoms with Crippen molar-refractivity contribution in [2.75, 3.05) is 11.5 Å². The molecule has 0 saturated heterocycles. The first-order chi connectivity index (χ1) is 8.33. The van der Waals surface area contributed by atoms with Gasteiger partial charge in [-0.25, -0.2) is 13.6 Å². The van der Waals surface area contributed by atoms with Gasteiger partial charge in [-0.2, -0.15) is 5.26 Å². The van der Waals surface area contributed by atoms with Gasteiger partial charge in [-0.05, 0) is 12.1 Å². The number of nitrogens with zero attached hydrogens (tertiary/aromatic N) is 2. The normalized spacial score (nSPS) is 10.9. The quantitative estimate of drug-likeness (QED) is 0.485. The molecule has 0 heterocycles. The van der Waals surface area contributed by atoms with Gasteiger partial charge in [-0.3, -0.25) is 10.1 Å². The lowest BCUT2D eigenvalue weighted by Gasteiger charge is -2.02. The van der Waals surface area contributed by atoms with E-state index in [1.54, 1.807) is 6.07 Å². The Morgan fingerprint density at radius 3 is 2.67 bits per heavy atom. The summed E-state index contributed by atoms with van der Waals surface area (Å²) in [5.41, 5.74) is -0.0361. The molecule has 7 nitrogen and oxygen atoms in total. The molecular formula is C9H9N3O4S2. The number of rotatable bonds is 5. The monoisotopic (exact) mass is 287 g/mol. The molecule has 0 aliphatic carbocycles. The summed E-state index contributed by atoms with van der Waals surface area (Å²) in [6.07, 6.45) is 0. The van der Waals surface area contributed by atoms with Gasteiger partial charge in [0.15, 0.2) is 0 Å². The third-order valence-corrected chi connectivity index (χ3v) is 4.01. The number of nitriles is 1. The van der Waals surface area contributed by atoms with Crippen LogP contribution in [0.2, 0.25) is 0 Å². The van der Waals surface area contributed by atoms with Gasteiger partial charge in [0.2, 0.25) is 10.0 Å². The van der Waals surface area contributed by atoms with Crippen LogP contribution in [0.5, 0.6) is 0 Å². The van der Waals surface area contributed by atoms with Crippen LogP contribution < -0.4 is 5.14 Å². The highest BCUT2D eigenvalue weighted by Gasteiger charge is 2.15. The smallest absolute Gasteiger partial charge is 0.258 e. The van der Waals surface area contributed by atoms with Crippen LogP contribution in [0.1, 0.15) is 5.56 Å². The van der Waals surface area contributed by atoms with E-state index >= 15 is 0 Å². The van der Waals surface area contributed by atoms with Gasteiger partial charge in [-0.1, -0.05) is 0 Å². The second-order valence-electron chi connectivity index (χ2n) is 3.27. The van der Waals surface area contributed by atoms with Gasteiger partial charge in [0.1, 0.15) is 0 Å². The van der Waals surface area contributed by atoms with Gasteiger partial charge >= 0.3 is 0 Å². The van der Waals surface area contributed by atoms with Crippen molar-refractivity contribution in [3.05, 3.63) is 33.9 Å². The Hall–Kier alpha value is -1.63. The van der Waals surface area contributed by atoms with Gasteiger partial charge < -0.3 is 0 Å². The summed E-state index contributed by atoms with van der Waals surface area (Å²) in [4.78, 5) is 10.5. The fourth-order valence-corrected chi connectivity index (χ4v) is 3.05. The Morgan fingerprint density at radius 1 is 1.50 bits per heavy atom. The van der Waals surface area contributed by atoms with E-state index in [2.05, 4.69) is 0 Å². The van der Waals surface area contributed by atoms with Crippen molar-refractivity contribution in [1.29, 1.82) is 5.26 Å². The SMILES string of the molecule is N#Cc1ccc(SCCS(N)(=O)=O)c([N+](=O)[O-])c1. The maximum atomic E-state index is 10.8. The van der Waals surface area contributed by atoms with Crippen LogP contribution in [0.3, 0.4) is 0 Å². The lowest BCUT2D eigenvalue weighted by atomic mass is 10.2. The zero-order valence-corrected chi connectivity index (χ0v) is 10.7. The number of nitrogens with two attached hydrogens (primary N) is 1. The fraction of sp³-hybridized carbons (Fsp3) is 0.222. The molecule has 2 N–H and O–H groups in total. The van der Waals surface area contributed by atoms with Crippen molar-refractivity contribution in [2.45, 2.75) is 4.90 Å². The third kappa shape index (κ3) is 4.33. The molecule has 0 aliphatic rings. The Kier molecular flexibility index (Phi) is 4.66. The zero-order valence-electron chi connectivity index (χ0n) is 9.07. The number of benzene rings is 1. The second-order valence-corrected chi connectivity index (χ2v) is 6.14. The van der Waals surface area contributed by atoms with Gasteiger partial charge in [-0.15, -0.1) is 11.8 Å². The number of nitro groups is 1. The van der Waals surface area contributed by atoms with Crippen LogP contribution in [0.4, 0.5) is 5.69 Å². The number of hydrogen-bond donors (Lipinski definition) is 1. The van der Waals surface area contributed by atoms with Gasteiger partial charge in [0.05, 0.1) is 27.2 Å². The van der Waals surface area contributed by atoms with Crippen LogP contribution >= 0.6 is 11.8 Å². The molecule has 96 valence electrons. The van der Waals surface area contributed by atoms with Crippen LogP contribution in [0.25, 0.3) is 0 Å². The molecular weight excluding hydrogens is 278 g/mol.